The average Bonchev–Trinajstić information content (AvgIpc) is 2.44. The molecule has 1 aromatic heterocycles. The molecule has 0 amide bonds. The van der Waals surface area contributed by atoms with Crippen molar-refractivity contribution in [2.45, 2.75) is 58.1 Å². The Kier molecular flexibility index (Phi) is 4.47. The molecule has 1 aromatic rings. The van der Waals surface area contributed by atoms with Gasteiger partial charge >= 0.3 is 0 Å². The van der Waals surface area contributed by atoms with Crippen LogP contribution in [0.25, 0.3) is 0 Å². The topological polar surface area (TPSA) is 60.2 Å². The number of hydrazine groups is 1. The summed E-state index contributed by atoms with van der Waals surface area (Å²) in [5.74, 6) is 5.88. The minimum atomic E-state index is -0.238. The molecule has 1 heterocycles. The number of hydrogen-bond donors (Lipinski definition) is 2. The fourth-order valence-corrected chi connectivity index (χ4v) is 3.26. The first-order valence-corrected chi connectivity index (χ1v) is 7.36. The first kappa shape index (κ1) is 15.4. The molecule has 1 atom stereocenters. The van der Waals surface area contributed by atoms with Gasteiger partial charge in [0.1, 0.15) is 0 Å². The van der Waals surface area contributed by atoms with Crippen LogP contribution < -0.4 is 11.3 Å². The van der Waals surface area contributed by atoms with E-state index in [-0.39, 0.29) is 11.6 Å². The molecule has 1 aliphatic carbocycles. The van der Waals surface area contributed by atoms with Crippen molar-refractivity contribution in [3.05, 3.63) is 29.6 Å². The molecule has 4 heteroatoms. The molecule has 0 spiro atoms. The smallest absolute Gasteiger partial charge is 0.0886 e. The summed E-state index contributed by atoms with van der Waals surface area (Å²) < 4.78 is 5.96. The van der Waals surface area contributed by atoms with Crippen molar-refractivity contribution in [2.75, 3.05) is 7.11 Å². The molecular formula is C16H27N3O. The van der Waals surface area contributed by atoms with Crippen LogP contribution in [0, 0.1) is 12.3 Å². The van der Waals surface area contributed by atoms with Crippen molar-refractivity contribution in [3.63, 3.8) is 0 Å². The summed E-state index contributed by atoms with van der Waals surface area (Å²) in [6, 6.07) is 2.01. The van der Waals surface area contributed by atoms with Gasteiger partial charge < -0.3 is 4.74 Å². The van der Waals surface area contributed by atoms with E-state index in [4.69, 9.17) is 10.6 Å². The predicted molar refractivity (Wildman–Crippen MR) is 81.0 cm³/mol. The molecule has 20 heavy (non-hydrogen) atoms. The Morgan fingerprint density at radius 2 is 1.95 bits per heavy atom. The lowest BCUT2D eigenvalue weighted by atomic mass is 9.67. The van der Waals surface area contributed by atoms with Crippen LogP contribution >= 0.6 is 0 Å². The second kappa shape index (κ2) is 5.80. The van der Waals surface area contributed by atoms with Crippen LogP contribution in [0.4, 0.5) is 0 Å². The van der Waals surface area contributed by atoms with Crippen LogP contribution in [-0.4, -0.2) is 17.7 Å². The van der Waals surface area contributed by atoms with E-state index in [0.717, 1.165) is 31.2 Å². The van der Waals surface area contributed by atoms with Gasteiger partial charge in [-0.25, -0.2) is 5.43 Å². The number of pyridine rings is 1. The molecule has 0 bridgehead atoms. The molecule has 112 valence electrons. The Labute approximate surface area is 122 Å². The minimum absolute atomic E-state index is 0.0164. The second-order valence-electron chi connectivity index (χ2n) is 6.77. The summed E-state index contributed by atoms with van der Waals surface area (Å²) in [5, 5.41) is 0. The third kappa shape index (κ3) is 2.87. The number of rotatable bonds is 4. The highest BCUT2D eigenvalue weighted by Gasteiger charge is 2.45. The fourth-order valence-electron chi connectivity index (χ4n) is 3.26. The highest BCUT2D eigenvalue weighted by Crippen LogP contribution is 2.47. The van der Waals surface area contributed by atoms with E-state index in [1.807, 2.05) is 18.5 Å². The van der Waals surface area contributed by atoms with Gasteiger partial charge in [-0.1, -0.05) is 13.8 Å². The summed E-state index contributed by atoms with van der Waals surface area (Å²) in [6.45, 7) is 6.75. The Balaban J connectivity index is 2.32. The average molecular weight is 277 g/mol. The molecule has 0 saturated heterocycles. The van der Waals surface area contributed by atoms with Gasteiger partial charge in [-0.05, 0) is 55.2 Å². The molecule has 2 rings (SSSR count). The van der Waals surface area contributed by atoms with Crippen LogP contribution in [0.15, 0.2) is 18.5 Å². The molecule has 4 nitrogen and oxygen atoms in total. The maximum absolute atomic E-state index is 5.96. The quantitative estimate of drug-likeness (QED) is 0.656. The molecule has 0 radical (unpaired) electrons. The second-order valence-corrected chi connectivity index (χ2v) is 6.77. The van der Waals surface area contributed by atoms with Gasteiger partial charge in [0.15, 0.2) is 0 Å². The van der Waals surface area contributed by atoms with E-state index in [9.17, 15) is 0 Å². The van der Waals surface area contributed by atoms with Gasteiger partial charge in [0, 0.05) is 19.5 Å². The Morgan fingerprint density at radius 1 is 1.30 bits per heavy atom. The van der Waals surface area contributed by atoms with E-state index in [1.165, 1.54) is 5.56 Å². The van der Waals surface area contributed by atoms with Crippen molar-refractivity contribution >= 4 is 0 Å². The highest BCUT2D eigenvalue weighted by molar-refractivity contribution is 5.28. The summed E-state index contributed by atoms with van der Waals surface area (Å²) in [6.07, 6.45) is 8.05. The number of aromatic nitrogens is 1. The highest BCUT2D eigenvalue weighted by atomic mass is 16.5. The molecule has 1 aliphatic rings. The molecule has 0 aromatic carbocycles. The minimum Gasteiger partial charge on any atom is -0.376 e. The Bertz CT molecular complexity index is 449. The van der Waals surface area contributed by atoms with Crippen molar-refractivity contribution < 1.29 is 4.74 Å². The van der Waals surface area contributed by atoms with Crippen LogP contribution in [0.1, 0.15) is 56.7 Å². The van der Waals surface area contributed by atoms with Gasteiger partial charge in [-0.15, -0.1) is 0 Å². The van der Waals surface area contributed by atoms with Crippen molar-refractivity contribution in [1.29, 1.82) is 0 Å². The van der Waals surface area contributed by atoms with Crippen molar-refractivity contribution in [2.24, 2.45) is 11.3 Å². The summed E-state index contributed by atoms with van der Waals surface area (Å²) in [7, 11) is 1.80. The lowest BCUT2D eigenvalue weighted by molar-refractivity contribution is -0.0879. The third-order valence-corrected chi connectivity index (χ3v) is 4.94. The van der Waals surface area contributed by atoms with E-state index >= 15 is 0 Å². The molecular weight excluding hydrogens is 250 g/mol. The van der Waals surface area contributed by atoms with Crippen LogP contribution in [0.2, 0.25) is 0 Å². The lowest BCUT2D eigenvalue weighted by Crippen LogP contribution is -2.51. The molecule has 0 aliphatic heterocycles. The number of methoxy groups -OCH3 is 1. The van der Waals surface area contributed by atoms with Crippen LogP contribution in [-0.2, 0) is 4.74 Å². The molecule has 3 N–H and O–H groups in total. The third-order valence-electron chi connectivity index (χ3n) is 4.94. The van der Waals surface area contributed by atoms with Crippen molar-refractivity contribution in [3.8, 4) is 0 Å². The predicted octanol–water partition coefficient (Wildman–Crippen LogP) is 2.88. The van der Waals surface area contributed by atoms with E-state index in [0.29, 0.717) is 5.41 Å². The number of ether oxygens (including phenoxy) is 1. The van der Waals surface area contributed by atoms with Gasteiger partial charge in [-0.3, -0.25) is 10.8 Å². The van der Waals surface area contributed by atoms with Crippen LogP contribution in [0.3, 0.4) is 0 Å². The van der Waals surface area contributed by atoms with Gasteiger partial charge in [0.25, 0.3) is 0 Å². The lowest BCUT2D eigenvalue weighted by Gasteiger charge is -2.47. The monoisotopic (exact) mass is 277 g/mol. The standard InChI is InChI=1S/C16H27N3O/c1-12-5-10-18-11-13(12)14(19-17)16(20-4)8-6-15(2,3)7-9-16/h5,10-11,14,19H,6-9,17H2,1-4H3. The largest absolute Gasteiger partial charge is 0.376 e. The molecule has 1 saturated carbocycles. The summed E-state index contributed by atoms with van der Waals surface area (Å²) >= 11 is 0. The first-order valence-electron chi connectivity index (χ1n) is 7.36. The Morgan fingerprint density at radius 3 is 2.45 bits per heavy atom. The SMILES string of the molecule is COC1(C(NN)c2cnccc2C)CCC(C)(C)CC1. The van der Waals surface area contributed by atoms with Gasteiger partial charge in [0.05, 0.1) is 11.6 Å². The number of nitrogens with zero attached hydrogens (tertiary/aromatic N) is 1. The number of hydrogen-bond acceptors (Lipinski definition) is 4. The maximum Gasteiger partial charge on any atom is 0.0886 e. The zero-order valence-corrected chi connectivity index (χ0v) is 13.1. The van der Waals surface area contributed by atoms with Gasteiger partial charge in [-0.2, -0.15) is 0 Å². The van der Waals surface area contributed by atoms with E-state index in [1.54, 1.807) is 7.11 Å². The van der Waals surface area contributed by atoms with Gasteiger partial charge in [0.2, 0.25) is 0 Å². The van der Waals surface area contributed by atoms with E-state index < -0.39 is 0 Å². The summed E-state index contributed by atoms with van der Waals surface area (Å²) in [4.78, 5) is 4.25. The van der Waals surface area contributed by atoms with Crippen molar-refractivity contribution in [1.82, 2.24) is 10.4 Å². The molecule has 1 fully saturated rings. The normalized spacial score (nSPS) is 22.4. The number of nitrogens with one attached hydrogen (secondary N) is 1. The maximum atomic E-state index is 5.96. The zero-order valence-electron chi connectivity index (χ0n) is 13.1. The fraction of sp³-hybridized carbons (Fsp3) is 0.688. The number of aryl methyl sites for hydroxylation is 1. The zero-order chi connectivity index (χ0) is 14.8. The van der Waals surface area contributed by atoms with Crippen LogP contribution in [0.5, 0.6) is 0 Å². The first-order chi connectivity index (χ1) is 9.44. The summed E-state index contributed by atoms with van der Waals surface area (Å²) in [5.41, 5.74) is 5.47. The molecule has 1 unspecified atom stereocenters. The number of nitrogens with two attached hydrogens (primary N) is 1. The Hall–Kier alpha value is -0.970. The van der Waals surface area contributed by atoms with E-state index in [2.05, 4.69) is 31.2 Å².